The van der Waals surface area contributed by atoms with Crippen LogP contribution in [0.4, 0.5) is 11.4 Å². The third-order valence-electron chi connectivity index (χ3n) is 5.34. The monoisotopic (exact) mass is 510 g/mol. The van der Waals surface area contributed by atoms with Crippen LogP contribution in [-0.2, 0) is 24.3 Å². The van der Waals surface area contributed by atoms with Crippen molar-refractivity contribution in [1.29, 1.82) is 0 Å². The minimum atomic E-state index is -4.11. The Kier molecular flexibility index (Phi) is 8.11. The van der Waals surface area contributed by atoms with Crippen molar-refractivity contribution in [1.82, 2.24) is 0 Å². The van der Waals surface area contributed by atoms with Crippen LogP contribution < -0.4 is 9.62 Å². The number of benzene rings is 3. The van der Waals surface area contributed by atoms with Gasteiger partial charge in [0.05, 0.1) is 35.9 Å². The molecule has 0 aliphatic rings. The fraction of sp³-hybridized carbons (Fsp3) is 0.192. The molecule has 36 heavy (non-hydrogen) atoms. The van der Waals surface area contributed by atoms with E-state index < -0.39 is 34.4 Å². The number of hydrogen-bond acceptors (Lipinski definition) is 7. The number of esters is 2. The first-order chi connectivity index (χ1) is 17.1. The van der Waals surface area contributed by atoms with Gasteiger partial charge >= 0.3 is 11.9 Å². The minimum absolute atomic E-state index is 0.0127. The number of hydrogen-bond donors (Lipinski definition) is 1. The third kappa shape index (κ3) is 5.89. The van der Waals surface area contributed by atoms with E-state index >= 15 is 0 Å². The van der Waals surface area contributed by atoms with E-state index in [1.54, 1.807) is 43.3 Å². The third-order valence-corrected chi connectivity index (χ3v) is 7.11. The van der Waals surface area contributed by atoms with Gasteiger partial charge in [0.25, 0.3) is 10.0 Å². The lowest BCUT2D eigenvalue weighted by atomic mass is 10.1. The van der Waals surface area contributed by atoms with Crippen molar-refractivity contribution in [2.24, 2.45) is 0 Å². The van der Waals surface area contributed by atoms with Gasteiger partial charge in [-0.25, -0.2) is 18.0 Å². The molecule has 0 unspecified atom stereocenters. The highest BCUT2D eigenvalue weighted by molar-refractivity contribution is 7.92. The summed E-state index contributed by atoms with van der Waals surface area (Å²) in [4.78, 5) is 37.2. The molecule has 3 aromatic carbocycles. The van der Waals surface area contributed by atoms with Crippen LogP contribution in [0.5, 0.6) is 0 Å². The molecule has 0 saturated heterocycles. The highest BCUT2D eigenvalue weighted by atomic mass is 32.2. The number of carbonyl (C=O) groups excluding carboxylic acids is 3. The highest BCUT2D eigenvalue weighted by Gasteiger charge is 2.28. The Morgan fingerprint density at radius 1 is 0.833 bits per heavy atom. The van der Waals surface area contributed by atoms with Gasteiger partial charge in [-0.3, -0.25) is 9.10 Å². The second kappa shape index (κ2) is 11.0. The normalized spacial score (nSPS) is 10.9. The van der Waals surface area contributed by atoms with Gasteiger partial charge in [0.2, 0.25) is 5.91 Å². The topological polar surface area (TPSA) is 119 Å². The van der Waals surface area contributed by atoms with Gasteiger partial charge in [0.15, 0.2) is 0 Å². The molecule has 3 rings (SSSR count). The molecule has 0 aliphatic heterocycles. The van der Waals surface area contributed by atoms with E-state index in [0.717, 1.165) is 9.87 Å². The maximum absolute atomic E-state index is 13.6. The van der Waals surface area contributed by atoms with Crippen LogP contribution in [0, 0.1) is 13.8 Å². The van der Waals surface area contributed by atoms with Crippen molar-refractivity contribution >= 4 is 39.2 Å². The number of ether oxygens (including phenoxy) is 2. The van der Waals surface area contributed by atoms with Crippen LogP contribution in [0.15, 0.2) is 71.6 Å². The first-order valence-corrected chi connectivity index (χ1v) is 12.3. The standard InChI is InChI=1S/C26H26N2O7S/c1-17-9-11-22(12-10-17)36(32,33)28(23-8-6-5-7-18(23)2)16-24(29)27-21-14-19(25(30)34-3)13-20(15-21)26(31)35-4/h5-15H,16H2,1-4H3,(H,27,29). The quantitative estimate of drug-likeness (QED) is 0.459. The fourth-order valence-corrected chi connectivity index (χ4v) is 4.97. The summed E-state index contributed by atoms with van der Waals surface area (Å²) < 4.78 is 37.6. The van der Waals surface area contributed by atoms with E-state index in [0.29, 0.717) is 11.3 Å². The van der Waals surface area contributed by atoms with Gasteiger partial charge in [-0.15, -0.1) is 0 Å². The number of para-hydroxylation sites is 1. The SMILES string of the molecule is COC(=O)c1cc(NC(=O)CN(c2ccccc2C)S(=O)(=O)c2ccc(C)cc2)cc(C(=O)OC)c1. The van der Waals surface area contributed by atoms with Crippen LogP contribution in [0.3, 0.4) is 0 Å². The predicted octanol–water partition coefficient (Wildman–Crippen LogP) is 3.71. The van der Waals surface area contributed by atoms with E-state index in [1.165, 1.54) is 44.6 Å². The summed E-state index contributed by atoms with van der Waals surface area (Å²) in [5, 5.41) is 2.57. The number of nitrogens with zero attached hydrogens (tertiary/aromatic N) is 1. The molecule has 0 saturated carbocycles. The number of nitrogens with one attached hydrogen (secondary N) is 1. The Morgan fingerprint density at radius 3 is 1.92 bits per heavy atom. The number of sulfonamides is 1. The Hall–Kier alpha value is -4.18. The molecule has 1 amide bonds. The summed E-state index contributed by atoms with van der Waals surface area (Å²) in [7, 11) is -1.74. The van der Waals surface area contributed by atoms with Crippen LogP contribution in [0.25, 0.3) is 0 Å². The number of methoxy groups -OCH3 is 2. The van der Waals surface area contributed by atoms with Gasteiger partial charge in [-0.2, -0.15) is 0 Å². The second-order valence-corrected chi connectivity index (χ2v) is 9.80. The highest BCUT2D eigenvalue weighted by Crippen LogP contribution is 2.27. The van der Waals surface area contributed by atoms with Crippen LogP contribution in [0.2, 0.25) is 0 Å². The lowest BCUT2D eigenvalue weighted by Crippen LogP contribution is -2.38. The summed E-state index contributed by atoms with van der Waals surface area (Å²) in [6, 6.07) is 17.0. The Balaban J connectivity index is 1.99. The first kappa shape index (κ1) is 26.4. The zero-order chi connectivity index (χ0) is 26.5. The molecule has 0 spiro atoms. The largest absolute Gasteiger partial charge is 0.465 e. The summed E-state index contributed by atoms with van der Waals surface area (Å²) >= 11 is 0. The van der Waals surface area contributed by atoms with Crippen molar-refractivity contribution in [3.63, 3.8) is 0 Å². The fourth-order valence-electron chi connectivity index (χ4n) is 3.48. The van der Waals surface area contributed by atoms with E-state index in [-0.39, 0.29) is 21.7 Å². The van der Waals surface area contributed by atoms with E-state index in [1.807, 2.05) is 6.92 Å². The van der Waals surface area contributed by atoms with Crippen molar-refractivity contribution in [2.45, 2.75) is 18.7 Å². The van der Waals surface area contributed by atoms with Crippen molar-refractivity contribution in [3.05, 3.63) is 89.0 Å². The van der Waals surface area contributed by atoms with Gasteiger partial charge in [0.1, 0.15) is 6.54 Å². The molecular formula is C26H26N2O7S. The van der Waals surface area contributed by atoms with Crippen LogP contribution >= 0.6 is 0 Å². The smallest absolute Gasteiger partial charge is 0.337 e. The van der Waals surface area contributed by atoms with Crippen molar-refractivity contribution in [2.75, 3.05) is 30.4 Å². The average Bonchev–Trinajstić information content (AvgIpc) is 2.86. The number of anilines is 2. The maximum Gasteiger partial charge on any atom is 0.337 e. The first-order valence-electron chi connectivity index (χ1n) is 10.8. The number of rotatable bonds is 8. The molecule has 0 fully saturated rings. The van der Waals surface area contributed by atoms with Gasteiger partial charge in [-0.1, -0.05) is 35.9 Å². The van der Waals surface area contributed by atoms with Gasteiger partial charge in [0, 0.05) is 5.69 Å². The van der Waals surface area contributed by atoms with Crippen LogP contribution in [-0.4, -0.2) is 47.0 Å². The van der Waals surface area contributed by atoms with Crippen LogP contribution in [0.1, 0.15) is 31.8 Å². The number of amides is 1. The van der Waals surface area contributed by atoms with Crippen molar-refractivity contribution in [3.8, 4) is 0 Å². The number of aryl methyl sites for hydroxylation is 2. The molecule has 10 heteroatoms. The van der Waals surface area contributed by atoms with E-state index in [4.69, 9.17) is 9.47 Å². The Morgan fingerprint density at radius 2 is 1.39 bits per heavy atom. The summed E-state index contributed by atoms with van der Waals surface area (Å²) in [6.45, 7) is 3.03. The summed E-state index contributed by atoms with van der Waals surface area (Å²) in [5.74, 6) is -2.13. The zero-order valence-electron chi connectivity index (χ0n) is 20.3. The maximum atomic E-state index is 13.6. The van der Waals surface area contributed by atoms with E-state index in [9.17, 15) is 22.8 Å². The Labute approximate surface area is 209 Å². The Bertz CT molecular complexity index is 1370. The molecular weight excluding hydrogens is 484 g/mol. The lowest BCUT2D eigenvalue weighted by Gasteiger charge is -2.25. The van der Waals surface area contributed by atoms with Crippen molar-refractivity contribution < 1.29 is 32.3 Å². The number of carbonyl (C=O) groups is 3. The zero-order valence-corrected chi connectivity index (χ0v) is 21.1. The van der Waals surface area contributed by atoms with Gasteiger partial charge < -0.3 is 14.8 Å². The molecule has 0 aliphatic carbocycles. The molecule has 3 aromatic rings. The molecule has 9 nitrogen and oxygen atoms in total. The summed E-state index contributed by atoms with van der Waals surface area (Å²) in [6.07, 6.45) is 0. The lowest BCUT2D eigenvalue weighted by molar-refractivity contribution is -0.114. The average molecular weight is 511 g/mol. The van der Waals surface area contributed by atoms with Gasteiger partial charge in [-0.05, 0) is 55.8 Å². The minimum Gasteiger partial charge on any atom is -0.465 e. The molecule has 0 heterocycles. The molecule has 188 valence electrons. The predicted molar refractivity (Wildman–Crippen MR) is 135 cm³/mol. The molecule has 0 bridgehead atoms. The molecule has 0 atom stereocenters. The molecule has 0 radical (unpaired) electrons. The molecule has 1 N–H and O–H groups in total. The summed E-state index contributed by atoms with van der Waals surface area (Å²) in [5.41, 5.74) is 2.01. The van der Waals surface area contributed by atoms with E-state index in [2.05, 4.69) is 5.32 Å². The second-order valence-electron chi connectivity index (χ2n) is 7.94. The molecule has 0 aromatic heterocycles.